The van der Waals surface area contributed by atoms with Crippen LogP contribution < -0.4 is 0 Å². The smallest absolute Gasteiger partial charge is 0.324 e. The van der Waals surface area contributed by atoms with Crippen LogP contribution in [0.2, 0.25) is 0 Å². The minimum atomic E-state index is -1.42. The Bertz CT molecular complexity index is 363. The predicted molar refractivity (Wildman–Crippen MR) is 59.7 cm³/mol. The van der Waals surface area contributed by atoms with Crippen LogP contribution in [-0.4, -0.2) is 24.6 Å². The van der Waals surface area contributed by atoms with Crippen molar-refractivity contribution in [2.75, 3.05) is 7.11 Å². The Kier molecular flexibility index (Phi) is 5.70. The van der Waals surface area contributed by atoms with Crippen molar-refractivity contribution in [1.29, 1.82) is 0 Å². The molecular weight excluding hydrogens is 208 g/mol. The summed E-state index contributed by atoms with van der Waals surface area (Å²) in [5, 5.41) is 0. The SMILES string of the molecule is C=C/C=C(\C=C)C(=O)C(C(C)=O)C(=O)OC. The number of allylic oxidation sites excluding steroid dienone is 4. The molecule has 1 unspecified atom stereocenters. The van der Waals surface area contributed by atoms with Gasteiger partial charge in [-0.3, -0.25) is 14.4 Å². The lowest BCUT2D eigenvalue weighted by Gasteiger charge is -2.10. The van der Waals surface area contributed by atoms with E-state index in [1.807, 2.05) is 0 Å². The molecule has 0 aliphatic heterocycles. The van der Waals surface area contributed by atoms with E-state index in [4.69, 9.17) is 0 Å². The number of carbonyl (C=O) groups is 3. The van der Waals surface area contributed by atoms with Gasteiger partial charge < -0.3 is 4.74 Å². The monoisotopic (exact) mass is 222 g/mol. The topological polar surface area (TPSA) is 60.4 Å². The van der Waals surface area contributed by atoms with E-state index in [2.05, 4.69) is 17.9 Å². The lowest BCUT2D eigenvalue weighted by atomic mass is 9.94. The fraction of sp³-hybridized carbons (Fsp3) is 0.250. The van der Waals surface area contributed by atoms with E-state index in [1.54, 1.807) is 0 Å². The van der Waals surface area contributed by atoms with Crippen molar-refractivity contribution in [3.63, 3.8) is 0 Å². The van der Waals surface area contributed by atoms with Crippen LogP contribution in [0.25, 0.3) is 0 Å². The first kappa shape index (κ1) is 14.0. The molecule has 0 rings (SSSR count). The molecule has 0 N–H and O–H groups in total. The van der Waals surface area contributed by atoms with Gasteiger partial charge in [-0.1, -0.05) is 31.4 Å². The van der Waals surface area contributed by atoms with Crippen LogP contribution in [0.5, 0.6) is 0 Å². The molecule has 16 heavy (non-hydrogen) atoms. The van der Waals surface area contributed by atoms with Crippen molar-refractivity contribution in [3.05, 3.63) is 37.0 Å². The molecule has 0 saturated heterocycles. The highest BCUT2D eigenvalue weighted by atomic mass is 16.5. The van der Waals surface area contributed by atoms with Crippen LogP contribution in [0.4, 0.5) is 0 Å². The Hall–Kier alpha value is -1.97. The van der Waals surface area contributed by atoms with Crippen molar-refractivity contribution in [2.24, 2.45) is 5.92 Å². The fourth-order valence-corrected chi connectivity index (χ4v) is 1.12. The number of ether oxygens (including phenoxy) is 1. The molecule has 0 saturated carbocycles. The minimum Gasteiger partial charge on any atom is -0.468 e. The summed E-state index contributed by atoms with van der Waals surface area (Å²) in [6, 6.07) is 0. The first-order valence-corrected chi connectivity index (χ1v) is 4.57. The summed E-state index contributed by atoms with van der Waals surface area (Å²) < 4.78 is 4.40. The quantitative estimate of drug-likeness (QED) is 0.293. The molecule has 0 aliphatic rings. The van der Waals surface area contributed by atoms with Gasteiger partial charge in [0.2, 0.25) is 0 Å². The number of ketones is 2. The first-order valence-electron chi connectivity index (χ1n) is 4.57. The molecule has 86 valence electrons. The van der Waals surface area contributed by atoms with E-state index in [0.717, 1.165) is 14.0 Å². The van der Waals surface area contributed by atoms with Gasteiger partial charge in [0.15, 0.2) is 17.5 Å². The highest BCUT2D eigenvalue weighted by Gasteiger charge is 2.32. The van der Waals surface area contributed by atoms with Crippen molar-refractivity contribution in [3.8, 4) is 0 Å². The number of hydrogen-bond donors (Lipinski definition) is 0. The van der Waals surface area contributed by atoms with Gasteiger partial charge in [0.05, 0.1) is 7.11 Å². The predicted octanol–water partition coefficient (Wildman–Crippen LogP) is 1.23. The molecule has 4 nitrogen and oxygen atoms in total. The molecule has 1 atom stereocenters. The third-order valence-electron chi connectivity index (χ3n) is 1.91. The van der Waals surface area contributed by atoms with Crippen molar-refractivity contribution < 1.29 is 19.1 Å². The van der Waals surface area contributed by atoms with E-state index in [-0.39, 0.29) is 5.57 Å². The Morgan fingerprint density at radius 3 is 2.12 bits per heavy atom. The molecule has 0 aliphatic carbocycles. The Balaban J connectivity index is 5.24. The van der Waals surface area contributed by atoms with Crippen molar-refractivity contribution >= 4 is 17.5 Å². The minimum absolute atomic E-state index is 0.153. The van der Waals surface area contributed by atoms with Crippen molar-refractivity contribution in [2.45, 2.75) is 6.92 Å². The molecule has 4 heteroatoms. The van der Waals surface area contributed by atoms with Crippen LogP contribution in [0.1, 0.15) is 6.92 Å². The molecular formula is C12H14O4. The maximum absolute atomic E-state index is 11.8. The zero-order chi connectivity index (χ0) is 12.7. The number of rotatable bonds is 6. The average molecular weight is 222 g/mol. The lowest BCUT2D eigenvalue weighted by Crippen LogP contribution is -2.32. The van der Waals surface area contributed by atoms with E-state index in [0.29, 0.717) is 0 Å². The Morgan fingerprint density at radius 1 is 1.25 bits per heavy atom. The van der Waals surface area contributed by atoms with Gasteiger partial charge >= 0.3 is 5.97 Å². The van der Waals surface area contributed by atoms with Gasteiger partial charge in [-0.25, -0.2) is 0 Å². The molecule has 0 bridgehead atoms. The van der Waals surface area contributed by atoms with Crippen LogP contribution in [-0.2, 0) is 19.1 Å². The van der Waals surface area contributed by atoms with E-state index < -0.39 is 23.5 Å². The van der Waals surface area contributed by atoms with Crippen LogP contribution >= 0.6 is 0 Å². The zero-order valence-corrected chi connectivity index (χ0v) is 9.36. The van der Waals surface area contributed by atoms with Gasteiger partial charge in [-0.15, -0.1) is 0 Å². The molecule has 0 aromatic carbocycles. The summed E-state index contributed by atoms with van der Waals surface area (Å²) in [5.41, 5.74) is 0.153. The molecule has 0 aromatic rings. The number of esters is 1. The van der Waals surface area contributed by atoms with Gasteiger partial charge in [-0.2, -0.15) is 0 Å². The Labute approximate surface area is 94.3 Å². The van der Waals surface area contributed by atoms with Gasteiger partial charge in [0, 0.05) is 5.57 Å². The number of methoxy groups -OCH3 is 1. The second-order valence-electron chi connectivity index (χ2n) is 2.99. The summed E-state index contributed by atoms with van der Waals surface area (Å²) in [7, 11) is 1.12. The summed E-state index contributed by atoms with van der Waals surface area (Å²) in [4.78, 5) is 34.3. The third-order valence-corrected chi connectivity index (χ3v) is 1.91. The molecule has 0 heterocycles. The van der Waals surface area contributed by atoms with Crippen LogP contribution in [0, 0.1) is 5.92 Å². The average Bonchev–Trinajstić information content (AvgIpc) is 2.24. The van der Waals surface area contributed by atoms with Crippen LogP contribution in [0.15, 0.2) is 37.0 Å². The summed E-state index contributed by atoms with van der Waals surface area (Å²) in [6.45, 7) is 8.01. The second-order valence-corrected chi connectivity index (χ2v) is 2.99. The van der Waals surface area contributed by atoms with Gasteiger partial charge in [0.25, 0.3) is 0 Å². The Morgan fingerprint density at radius 2 is 1.81 bits per heavy atom. The molecule has 0 aromatic heterocycles. The highest BCUT2D eigenvalue weighted by Crippen LogP contribution is 2.11. The molecule has 0 fully saturated rings. The first-order chi connectivity index (χ1) is 7.49. The summed E-state index contributed by atoms with van der Waals surface area (Å²) in [6.07, 6.45) is 4.03. The maximum Gasteiger partial charge on any atom is 0.324 e. The molecule has 0 spiro atoms. The summed E-state index contributed by atoms with van der Waals surface area (Å²) >= 11 is 0. The van der Waals surface area contributed by atoms with Gasteiger partial charge in [0.1, 0.15) is 0 Å². The lowest BCUT2D eigenvalue weighted by molar-refractivity contribution is -0.151. The normalized spacial score (nSPS) is 12.5. The van der Waals surface area contributed by atoms with Gasteiger partial charge in [-0.05, 0) is 6.92 Å². The van der Waals surface area contributed by atoms with Crippen molar-refractivity contribution in [1.82, 2.24) is 0 Å². The standard InChI is InChI=1S/C12H14O4/c1-5-7-9(6-2)11(14)10(8(3)13)12(15)16-4/h5-7,10H,1-2H2,3-4H3/b9-7+. The number of Topliss-reactive ketones (excluding diaryl/α,β-unsaturated/α-hetero) is 2. The zero-order valence-electron chi connectivity index (χ0n) is 9.36. The maximum atomic E-state index is 11.8. The van der Waals surface area contributed by atoms with E-state index in [9.17, 15) is 14.4 Å². The van der Waals surface area contributed by atoms with E-state index in [1.165, 1.54) is 18.2 Å². The number of hydrogen-bond acceptors (Lipinski definition) is 4. The number of carbonyl (C=O) groups excluding carboxylic acids is 3. The third kappa shape index (κ3) is 3.31. The molecule has 0 amide bonds. The largest absolute Gasteiger partial charge is 0.468 e. The highest BCUT2D eigenvalue weighted by molar-refractivity contribution is 6.22. The van der Waals surface area contributed by atoms with Crippen LogP contribution in [0.3, 0.4) is 0 Å². The second kappa shape index (κ2) is 6.50. The molecule has 0 radical (unpaired) electrons. The fourth-order valence-electron chi connectivity index (χ4n) is 1.12. The summed E-state index contributed by atoms with van der Waals surface area (Å²) in [5.74, 6) is -3.48. The van der Waals surface area contributed by atoms with E-state index >= 15 is 0 Å².